The van der Waals surface area contributed by atoms with Gasteiger partial charge in [0, 0.05) is 11.2 Å². The Kier molecular flexibility index (Phi) is 7.51. The number of anilines is 1. The lowest BCUT2D eigenvalue weighted by Crippen LogP contribution is -2.30. The molecular formula is C27H28N2O5S2. The molecule has 1 N–H and O–H groups in total. The largest absolute Gasteiger partial charge is 0.497 e. The standard InChI is InChI=1S/C27H28N2O5S2/c1-5-29(36(31,32)24-13-11-23(34-4)12-14-24)21-8-15-25-20(16-21)17-26(35-25)27(30)28-18(2)19-6-9-22(33-3)10-7-19/h6-18H,5H2,1-4H3,(H,28,30)/t18-/m1/s1. The van der Waals surface area contributed by atoms with Crippen molar-refractivity contribution in [2.45, 2.75) is 24.8 Å². The molecule has 188 valence electrons. The summed E-state index contributed by atoms with van der Waals surface area (Å²) >= 11 is 1.37. The molecule has 0 bridgehead atoms. The predicted molar refractivity (Wildman–Crippen MR) is 144 cm³/mol. The van der Waals surface area contributed by atoms with Gasteiger partial charge in [0.15, 0.2) is 0 Å². The molecule has 3 aromatic carbocycles. The van der Waals surface area contributed by atoms with Crippen molar-refractivity contribution in [3.8, 4) is 11.5 Å². The molecule has 0 fully saturated rings. The predicted octanol–water partition coefficient (Wildman–Crippen LogP) is 5.62. The van der Waals surface area contributed by atoms with Crippen LogP contribution in [0.3, 0.4) is 0 Å². The smallest absolute Gasteiger partial charge is 0.264 e. The van der Waals surface area contributed by atoms with Crippen LogP contribution in [0.25, 0.3) is 10.1 Å². The topological polar surface area (TPSA) is 84.9 Å². The maximum absolute atomic E-state index is 13.3. The van der Waals surface area contributed by atoms with Gasteiger partial charge in [0.1, 0.15) is 11.5 Å². The van der Waals surface area contributed by atoms with Gasteiger partial charge in [-0.1, -0.05) is 12.1 Å². The number of carbonyl (C=O) groups is 1. The fraction of sp³-hybridized carbons (Fsp3) is 0.222. The van der Waals surface area contributed by atoms with Crippen molar-refractivity contribution in [3.63, 3.8) is 0 Å². The van der Waals surface area contributed by atoms with E-state index in [9.17, 15) is 13.2 Å². The van der Waals surface area contributed by atoms with Gasteiger partial charge in [-0.2, -0.15) is 0 Å². The number of carbonyl (C=O) groups excluding carboxylic acids is 1. The van der Waals surface area contributed by atoms with E-state index in [1.54, 1.807) is 44.4 Å². The Morgan fingerprint density at radius 2 is 1.56 bits per heavy atom. The van der Waals surface area contributed by atoms with Gasteiger partial charge in [-0.05, 0) is 85.5 Å². The van der Waals surface area contributed by atoms with Crippen LogP contribution in [0.4, 0.5) is 5.69 Å². The summed E-state index contributed by atoms with van der Waals surface area (Å²) in [5.74, 6) is 1.16. The molecule has 0 spiro atoms. The van der Waals surface area contributed by atoms with E-state index >= 15 is 0 Å². The summed E-state index contributed by atoms with van der Waals surface area (Å²) in [4.78, 5) is 13.7. The Labute approximate surface area is 215 Å². The van der Waals surface area contributed by atoms with Crippen LogP contribution in [0.1, 0.15) is 35.1 Å². The van der Waals surface area contributed by atoms with Crippen LogP contribution < -0.4 is 19.1 Å². The highest BCUT2D eigenvalue weighted by Gasteiger charge is 2.24. The fourth-order valence-electron chi connectivity index (χ4n) is 3.91. The van der Waals surface area contributed by atoms with E-state index in [2.05, 4.69) is 5.32 Å². The lowest BCUT2D eigenvalue weighted by Gasteiger charge is -2.23. The Hall–Kier alpha value is -3.56. The second-order valence-corrected chi connectivity index (χ2v) is 11.1. The second-order valence-electron chi connectivity index (χ2n) is 8.15. The van der Waals surface area contributed by atoms with Crippen LogP contribution in [-0.4, -0.2) is 35.1 Å². The van der Waals surface area contributed by atoms with Crippen molar-refractivity contribution in [1.29, 1.82) is 0 Å². The van der Waals surface area contributed by atoms with Crippen LogP contribution in [0.5, 0.6) is 11.5 Å². The third-order valence-electron chi connectivity index (χ3n) is 5.91. The van der Waals surface area contributed by atoms with Crippen molar-refractivity contribution in [2.75, 3.05) is 25.1 Å². The van der Waals surface area contributed by atoms with Crippen LogP contribution in [0, 0.1) is 0 Å². The molecule has 0 unspecified atom stereocenters. The molecule has 4 rings (SSSR count). The minimum atomic E-state index is -3.77. The number of amides is 1. The zero-order valence-corrected chi connectivity index (χ0v) is 22.2. The number of nitrogens with one attached hydrogen (secondary N) is 1. The van der Waals surface area contributed by atoms with E-state index in [0.717, 1.165) is 21.4 Å². The first-order chi connectivity index (χ1) is 17.3. The summed E-state index contributed by atoms with van der Waals surface area (Å²) in [6.07, 6.45) is 0. The summed E-state index contributed by atoms with van der Waals surface area (Å²) in [6.45, 7) is 3.98. The first-order valence-electron chi connectivity index (χ1n) is 11.4. The number of hydrogen-bond acceptors (Lipinski definition) is 6. The highest BCUT2D eigenvalue weighted by molar-refractivity contribution is 7.92. The van der Waals surface area contributed by atoms with E-state index in [0.29, 0.717) is 16.3 Å². The Morgan fingerprint density at radius 1 is 0.944 bits per heavy atom. The van der Waals surface area contributed by atoms with Crippen molar-refractivity contribution >= 4 is 43.0 Å². The van der Waals surface area contributed by atoms with Gasteiger partial charge in [0.25, 0.3) is 15.9 Å². The number of nitrogens with zero attached hydrogens (tertiary/aromatic N) is 1. The molecule has 0 saturated heterocycles. The van der Waals surface area contributed by atoms with Gasteiger partial charge in [-0.3, -0.25) is 9.10 Å². The molecule has 1 heterocycles. The highest BCUT2D eigenvalue weighted by Crippen LogP contribution is 2.32. The molecule has 0 aliphatic carbocycles. The second kappa shape index (κ2) is 10.6. The van der Waals surface area contributed by atoms with Crippen molar-refractivity contribution in [2.24, 2.45) is 0 Å². The van der Waals surface area contributed by atoms with Gasteiger partial charge >= 0.3 is 0 Å². The van der Waals surface area contributed by atoms with Crippen LogP contribution in [0.2, 0.25) is 0 Å². The van der Waals surface area contributed by atoms with Crippen molar-refractivity contribution in [1.82, 2.24) is 5.32 Å². The highest BCUT2D eigenvalue weighted by atomic mass is 32.2. The molecule has 9 heteroatoms. The van der Waals surface area contributed by atoms with Gasteiger partial charge in [-0.15, -0.1) is 11.3 Å². The van der Waals surface area contributed by atoms with E-state index in [1.165, 1.54) is 34.9 Å². The minimum Gasteiger partial charge on any atom is -0.497 e. The number of rotatable bonds is 9. The maximum Gasteiger partial charge on any atom is 0.264 e. The SMILES string of the molecule is CCN(c1ccc2sc(C(=O)N[C@H](C)c3ccc(OC)cc3)cc2c1)S(=O)(=O)c1ccc(OC)cc1. The summed E-state index contributed by atoms with van der Waals surface area (Å²) in [6, 6.07) is 20.9. The van der Waals surface area contributed by atoms with E-state index in [1.807, 2.05) is 37.3 Å². The van der Waals surface area contributed by atoms with Crippen LogP contribution in [-0.2, 0) is 10.0 Å². The quantitative estimate of drug-likeness (QED) is 0.307. The van der Waals surface area contributed by atoms with Gasteiger partial charge in [0.2, 0.25) is 0 Å². The number of thiophene rings is 1. The number of benzene rings is 3. The van der Waals surface area contributed by atoms with Crippen molar-refractivity contribution in [3.05, 3.63) is 83.2 Å². The fourth-order valence-corrected chi connectivity index (χ4v) is 6.32. The number of ether oxygens (including phenoxy) is 2. The van der Waals surface area contributed by atoms with E-state index in [4.69, 9.17) is 9.47 Å². The zero-order chi connectivity index (χ0) is 25.9. The number of fused-ring (bicyclic) bond motifs is 1. The summed E-state index contributed by atoms with van der Waals surface area (Å²) in [5.41, 5.74) is 1.51. The molecule has 1 amide bonds. The normalized spacial score (nSPS) is 12.2. The van der Waals surface area contributed by atoms with Crippen LogP contribution >= 0.6 is 11.3 Å². The van der Waals surface area contributed by atoms with Gasteiger partial charge < -0.3 is 14.8 Å². The summed E-state index contributed by atoms with van der Waals surface area (Å²) in [5, 5.41) is 3.84. The Balaban J connectivity index is 1.56. The molecule has 0 radical (unpaired) electrons. The summed E-state index contributed by atoms with van der Waals surface area (Å²) in [7, 11) is -0.620. The lowest BCUT2D eigenvalue weighted by atomic mass is 10.1. The monoisotopic (exact) mass is 524 g/mol. The van der Waals surface area contributed by atoms with E-state index < -0.39 is 10.0 Å². The molecule has 1 atom stereocenters. The average Bonchev–Trinajstić information content (AvgIpc) is 3.33. The zero-order valence-electron chi connectivity index (χ0n) is 20.5. The van der Waals surface area contributed by atoms with Crippen LogP contribution in [0.15, 0.2) is 77.7 Å². The maximum atomic E-state index is 13.3. The molecule has 7 nitrogen and oxygen atoms in total. The molecule has 36 heavy (non-hydrogen) atoms. The van der Waals surface area contributed by atoms with Crippen molar-refractivity contribution < 1.29 is 22.7 Å². The molecule has 1 aromatic heterocycles. The first kappa shape index (κ1) is 25.5. The third kappa shape index (κ3) is 5.17. The molecule has 0 saturated carbocycles. The minimum absolute atomic E-state index is 0.181. The Morgan fingerprint density at radius 3 is 2.14 bits per heavy atom. The molecule has 4 aromatic rings. The number of sulfonamides is 1. The van der Waals surface area contributed by atoms with Gasteiger partial charge in [0.05, 0.1) is 35.7 Å². The molecular weight excluding hydrogens is 496 g/mol. The van der Waals surface area contributed by atoms with E-state index in [-0.39, 0.29) is 23.4 Å². The third-order valence-corrected chi connectivity index (χ3v) is 8.94. The first-order valence-corrected chi connectivity index (χ1v) is 13.7. The Bertz CT molecular complexity index is 1460. The number of hydrogen-bond donors (Lipinski definition) is 1. The molecule has 0 aliphatic rings. The summed E-state index contributed by atoms with van der Waals surface area (Å²) < 4.78 is 39.2. The lowest BCUT2D eigenvalue weighted by molar-refractivity contribution is 0.0944. The molecule has 0 aliphatic heterocycles. The van der Waals surface area contributed by atoms with Gasteiger partial charge in [-0.25, -0.2) is 8.42 Å². The average molecular weight is 525 g/mol. The number of methoxy groups -OCH3 is 2.